The lowest BCUT2D eigenvalue weighted by atomic mass is 9.67. The fraction of sp³-hybridized carbons (Fsp3) is 0.611. The van der Waals surface area contributed by atoms with Gasteiger partial charge in [-0.1, -0.05) is 50.1 Å². The number of Topliss-reactive ketones (excluding diaryl/α,β-unsaturated/α-hetero) is 1. The van der Waals surface area contributed by atoms with Gasteiger partial charge in [0, 0.05) is 12.8 Å². The highest BCUT2D eigenvalue weighted by atomic mass is 16.4. The van der Waals surface area contributed by atoms with Crippen LogP contribution < -0.4 is 5.73 Å². The van der Waals surface area contributed by atoms with Gasteiger partial charge in [-0.3, -0.25) is 4.79 Å². The van der Waals surface area contributed by atoms with Crippen LogP contribution in [-0.2, 0) is 11.2 Å². The van der Waals surface area contributed by atoms with Crippen molar-refractivity contribution in [3.8, 4) is 0 Å². The van der Waals surface area contributed by atoms with Crippen LogP contribution in [0.2, 0.25) is 5.82 Å². The van der Waals surface area contributed by atoms with Gasteiger partial charge in [-0.15, -0.1) is 0 Å². The first-order valence-electron chi connectivity index (χ1n) is 8.80. The second-order valence-electron chi connectivity index (χ2n) is 6.40. The van der Waals surface area contributed by atoms with E-state index in [1.165, 1.54) is 5.56 Å². The lowest BCUT2D eigenvalue weighted by Crippen LogP contribution is -2.64. The van der Waals surface area contributed by atoms with E-state index in [9.17, 15) is 14.8 Å². The van der Waals surface area contributed by atoms with Crippen molar-refractivity contribution in [1.82, 2.24) is 0 Å². The van der Waals surface area contributed by atoms with Crippen molar-refractivity contribution in [2.45, 2.75) is 70.1 Å². The Bertz CT molecular complexity index is 439. The smallest absolute Gasteiger partial charge is 0.427 e. The Morgan fingerprint density at radius 3 is 2.43 bits per heavy atom. The monoisotopic (exact) mass is 320 g/mol. The maximum absolute atomic E-state index is 12.1. The van der Waals surface area contributed by atoms with Crippen LogP contribution in [0.1, 0.15) is 57.4 Å². The quantitative estimate of drug-likeness (QED) is 0.407. The summed E-state index contributed by atoms with van der Waals surface area (Å²) in [6.45, 7) is 2.14. The Morgan fingerprint density at radius 1 is 1.13 bits per heavy atom. The molecule has 0 unspecified atom stereocenters. The molecule has 0 heterocycles. The zero-order chi connectivity index (χ0) is 17.1. The fourth-order valence-electron chi connectivity index (χ4n) is 2.77. The molecule has 4 nitrogen and oxygen atoms in total. The molecule has 1 aromatic carbocycles. The molecule has 1 rings (SSSR count). The van der Waals surface area contributed by atoms with Crippen LogP contribution in [-0.4, -0.2) is 29.0 Å². The van der Waals surface area contributed by atoms with E-state index in [1.54, 1.807) is 0 Å². The van der Waals surface area contributed by atoms with Crippen molar-refractivity contribution in [1.29, 1.82) is 0 Å². The minimum atomic E-state index is -1.37. The van der Waals surface area contributed by atoms with Gasteiger partial charge in [0.2, 0.25) is 0 Å². The van der Waals surface area contributed by atoms with E-state index < -0.39 is 7.12 Å². The van der Waals surface area contributed by atoms with Gasteiger partial charge in [0.05, 0.1) is 0 Å². The van der Waals surface area contributed by atoms with Crippen molar-refractivity contribution in [3.05, 3.63) is 35.9 Å². The first kappa shape index (κ1) is 19.9. The first-order valence-corrected chi connectivity index (χ1v) is 8.80. The molecule has 0 saturated heterocycles. The molecule has 23 heavy (non-hydrogen) atoms. The van der Waals surface area contributed by atoms with Crippen LogP contribution in [0.15, 0.2) is 30.3 Å². The molecule has 0 saturated carbocycles. The summed E-state index contributed by atoms with van der Waals surface area (Å²) in [5, 5.41) is 19.1. The summed E-state index contributed by atoms with van der Waals surface area (Å²) in [4.78, 5) is 12.1. The van der Waals surface area contributed by atoms with E-state index in [0.29, 0.717) is 19.3 Å². The van der Waals surface area contributed by atoms with E-state index in [1.807, 2.05) is 30.3 Å². The highest BCUT2D eigenvalue weighted by molar-refractivity contribution is 6.43. The summed E-state index contributed by atoms with van der Waals surface area (Å²) in [6.07, 6.45) is 6.52. The van der Waals surface area contributed by atoms with Gasteiger partial charge in [0.25, 0.3) is 0 Å². The second-order valence-corrected chi connectivity index (χ2v) is 6.40. The van der Waals surface area contributed by atoms with Crippen LogP contribution in [0.3, 0.4) is 0 Å². The van der Waals surface area contributed by atoms with Gasteiger partial charge >= 0.3 is 7.12 Å². The molecule has 0 aromatic heterocycles. The Morgan fingerprint density at radius 2 is 1.83 bits per heavy atom. The maximum Gasteiger partial charge on any atom is 0.454 e. The van der Waals surface area contributed by atoms with E-state index in [2.05, 4.69) is 12.7 Å². The molecule has 1 aromatic rings. The number of carbonyl (C=O) groups excluding carboxylic acids is 1. The molecular weight excluding hydrogens is 289 g/mol. The molecule has 0 bridgehead atoms. The van der Waals surface area contributed by atoms with Gasteiger partial charge in [-0.25, -0.2) is 0 Å². The van der Waals surface area contributed by atoms with Gasteiger partial charge in [-0.2, -0.15) is 0 Å². The molecule has 0 aliphatic heterocycles. The second kappa shape index (κ2) is 11.4. The molecular formula is C18H31BNO3+. The molecule has 128 valence electrons. The molecule has 0 radical (unpaired) electrons. The van der Waals surface area contributed by atoms with E-state index in [4.69, 9.17) is 0 Å². The predicted octanol–water partition coefficient (Wildman–Crippen LogP) is 2.00. The molecule has 5 N–H and O–H groups in total. The Balaban J connectivity index is 2.36. The van der Waals surface area contributed by atoms with Gasteiger partial charge < -0.3 is 15.8 Å². The van der Waals surface area contributed by atoms with Crippen LogP contribution in [0.5, 0.6) is 0 Å². The number of hydrogen-bond acceptors (Lipinski definition) is 3. The fourth-order valence-corrected chi connectivity index (χ4v) is 2.77. The zero-order valence-corrected chi connectivity index (χ0v) is 14.3. The summed E-state index contributed by atoms with van der Waals surface area (Å²) in [6, 6.07) is 9.83. The molecule has 0 amide bonds. The highest BCUT2D eigenvalue weighted by Gasteiger charge is 2.25. The van der Waals surface area contributed by atoms with Crippen LogP contribution >= 0.6 is 0 Å². The highest BCUT2D eigenvalue weighted by Crippen LogP contribution is 2.23. The first-order chi connectivity index (χ1) is 11.0. The molecule has 5 heteroatoms. The van der Waals surface area contributed by atoms with Gasteiger partial charge in [0.15, 0.2) is 5.78 Å². The number of quaternary nitrogens is 1. The SMILES string of the molecule is CCCCC[C@H]([NH3+])C(=O)CC[C@@H](CCc1ccccc1)B(O)O. The third kappa shape index (κ3) is 8.30. The Kier molecular flexibility index (Phi) is 9.84. The minimum Gasteiger partial charge on any atom is -0.427 e. The van der Waals surface area contributed by atoms with Crippen LogP contribution in [0, 0.1) is 0 Å². The summed E-state index contributed by atoms with van der Waals surface area (Å²) in [5.74, 6) is -0.117. The Hall–Kier alpha value is -1.17. The zero-order valence-electron chi connectivity index (χ0n) is 14.3. The number of benzene rings is 1. The molecule has 0 aliphatic rings. The molecule has 0 aliphatic carbocycles. The summed E-state index contributed by atoms with van der Waals surface area (Å²) in [5.41, 5.74) is 5.13. The maximum atomic E-state index is 12.1. The predicted molar refractivity (Wildman–Crippen MR) is 93.8 cm³/mol. The largest absolute Gasteiger partial charge is 0.454 e. The van der Waals surface area contributed by atoms with E-state index >= 15 is 0 Å². The lowest BCUT2D eigenvalue weighted by Gasteiger charge is -2.16. The standard InChI is InChI=1S/C18H30BNO3/c1-2-3-5-10-17(20)18(21)14-13-16(19(22)23)12-11-15-8-6-4-7-9-15/h4,6-9,16-17,22-23H,2-3,5,10-14,20H2,1H3/p+1/t16-,17+/m1/s1. The van der Waals surface area contributed by atoms with E-state index in [0.717, 1.165) is 32.1 Å². The van der Waals surface area contributed by atoms with Gasteiger partial charge in [0.1, 0.15) is 6.04 Å². The van der Waals surface area contributed by atoms with Crippen molar-refractivity contribution in [2.75, 3.05) is 0 Å². The van der Waals surface area contributed by atoms with Crippen molar-refractivity contribution < 1.29 is 20.6 Å². The summed E-state index contributed by atoms with van der Waals surface area (Å²) < 4.78 is 0. The van der Waals surface area contributed by atoms with E-state index in [-0.39, 0.29) is 17.6 Å². The van der Waals surface area contributed by atoms with Crippen molar-refractivity contribution in [2.24, 2.45) is 0 Å². The number of unbranched alkanes of at least 4 members (excludes halogenated alkanes) is 2. The third-order valence-corrected chi connectivity index (χ3v) is 4.44. The van der Waals surface area contributed by atoms with Crippen molar-refractivity contribution >= 4 is 12.9 Å². The molecule has 2 atom stereocenters. The van der Waals surface area contributed by atoms with Crippen LogP contribution in [0.25, 0.3) is 0 Å². The van der Waals surface area contributed by atoms with Gasteiger partial charge in [-0.05, 0) is 37.1 Å². The molecule has 0 fully saturated rings. The lowest BCUT2D eigenvalue weighted by molar-refractivity contribution is -0.404. The minimum absolute atomic E-state index is 0.145. The summed E-state index contributed by atoms with van der Waals surface area (Å²) in [7, 11) is -1.37. The average Bonchev–Trinajstić information content (AvgIpc) is 2.55. The van der Waals surface area contributed by atoms with Crippen molar-refractivity contribution in [3.63, 3.8) is 0 Å². The average molecular weight is 320 g/mol. The number of hydrogen-bond donors (Lipinski definition) is 3. The number of ketones is 1. The Labute approximate surface area is 140 Å². The number of carbonyl (C=O) groups is 1. The summed E-state index contributed by atoms with van der Waals surface area (Å²) >= 11 is 0. The third-order valence-electron chi connectivity index (χ3n) is 4.44. The van der Waals surface area contributed by atoms with Crippen LogP contribution in [0.4, 0.5) is 0 Å². The number of aryl methyl sites for hydroxylation is 1. The normalized spacial score (nSPS) is 13.6. The molecule has 0 spiro atoms. The topological polar surface area (TPSA) is 85.2 Å². The number of rotatable bonds is 12.